The number of hydrogen-bond donors (Lipinski definition) is 1. The number of hydrogen-bond acceptors (Lipinski definition) is 3. The van der Waals surface area contributed by atoms with Gasteiger partial charge in [0.05, 0.1) is 16.8 Å². The van der Waals surface area contributed by atoms with Crippen LogP contribution in [0.15, 0.2) is 53.4 Å². The van der Waals surface area contributed by atoms with Crippen molar-refractivity contribution in [3.8, 4) is 22.5 Å². The SMILES string of the molecule is CC(=O)Nc1cccc(C(F)(F)F)c1-c1ccc(-c2cnco2)c(Cl)c1. The monoisotopic (exact) mass is 380 g/mol. The number of aromatic nitrogens is 1. The van der Waals surface area contributed by atoms with Gasteiger partial charge in [0.2, 0.25) is 5.91 Å². The van der Waals surface area contributed by atoms with Gasteiger partial charge in [0.25, 0.3) is 0 Å². The van der Waals surface area contributed by atoms with Gasteiger partial charge in [-0.05, 0) is 29.8 Å². The summed E-state index contributed by atoms with van der Waals surface area (Å²) in [5.74, 6) is -0.0808. The molecule has 0 aliphatic carbocycles. The van der Waals surface area contributed by atoms with Gasteiger partial charge in [-0.2, -0.15) is 13.2 Å². The molecular weight excluding hydrogens is 369 g/mol. The molecule has 0 atom stereocenters. The van der Waals surface area contributed by atoms with Crippen molar-refractivity contribution in [2.24, 2.45) is 0 Å². The van der Waals surface area contributed by atoms with Crippen LogP contribution in [-0.4, -0.2) is 10.9 Å². The summed E-state index contributed by atoms with van der Waals surface area (Å²) in [6, 6.07) is 8.03. The molecule has 1 N–H and O–H groups in total. The fourth-order valence-corrected chi connectivity index (χ4v) is 2.89. The van der Waals surface area contributed by atoms with Crippen molar-refractivity contribution < 1.29 is 22.4 Å². The van der Waals surface area contributed by atoms with E-state index in [1.807, 2.05) is 0 Å². The fourth-order valence-electron chi connectivity index (χ4n) is 2.61. The maximum atomic E-state index is 13.5. The summed E-state index contributed by atoms with van der Waals surface area (Å²) < 4.78 is 45.6. The molecule has 1 amide bonds. The Hall–Kier alpha value is -2.80. The summed E-state index contributed by atoms with van der Waals surface area (Å²) in [4.78, 5) is 15.2. The van der Waals surface area contributed by atoms with Crippen LogP contribution in [0.5, 0.6) is 0 Å². The smallest absolute Gasteiger partial charge is 0.417 e. The highest BCUT2D eigenvalue weighted by Gasteiger charge is 2.35. The minimum atomic E-state index is -4.60. The molecule has 134 valence electrons. The van der Waals surface area contributed by atoms with Gasteiger partial charge in [-0.1, -0.05) is 23.7 Å². The van der Waals surface area contributed by atoms with Crippen molar-refractivity contribution in [1.82, 2.24) is 4.98 Å². The predicted molar refractivity (Wildman–Crippen MR) is 91.7 cm³/mol. The normalized spacial score (nSPS) is 11.4. The van der Waals surface area contributed by atoms with E-state index in [0.717, 1.165) is 6.07 Å². The standard InChI is InChI=1S/C18H12ClF3N2O2/c1-10(25)24-15-4-2-3-13(18(20,21)22)17(15)11-5-6-12(14(19)7-11)16-8-23-9-26-16/h2-9H,1H3,(H,24,25). The first-order valence-electron chi connectivity index (χ1n) is 7.44. The molecule has 1 aromatic heterocycles. The molecule has 0 saturated heterocycles. The predicted octanol–water partition coefficient (Wildman–Crippen LogP) is 5.64. The zero-order valence-electron chi connectivity index (χ0n) is 13.4. The lowest BCUT2D eigenvalue weighted by Gasteiger charge is -2.18. The molecule has 0 saturated carbocycles. The molecule has 3 rings (SSSR count). The molecule has 0 aliphatic rings. The first kappa shape index (κ1) is 18.0. The van der Waals surface area contributed by atoms with Crippen LogP contribution >= 0.6 is 11.6 Å². The van der Waals surface area contributed by atoms with Gasteiger partial charge in [-0.15, -0.1) is 0 Å². The third-order valence-corrected chi connectivity index (χ3v) is 3.95. The van der Waals surface area contributed by atoms with Crippen LogP contribution in [0, 0.1) is 0 Å². The van der Waals surface area contributed by atoms with Crippen molar-refractivity contribution in [1.29, 1.82) is 0 Å². The summed E-state index contributed by atoms with van der Waals surface area (Å²) in [5.41, 5.74) is -0.252. The second kappa shape index (κ2) is 6.84. The Labute approximate surface area is 151 Å². The van der Waals surface area contributed by atoms with Crippen molar-refractivity contribution >= 4 is 23.2 Å². The van der Waals surface area contributed by atoms with Crippen molar-refractivity contribution in [3.63, 3.8) is 0 Å². The van der Waals surface area contributed by atoms with E-state index in [9.17, 15) is 18.0 Å². The van der Waals surface area contributed by atoms with Gasteiger partial charge in [0, 0.05) is 23.7 Å². The second-order valence-electron chi connectivity index (χ2n) is 5.47. The van der Waals surface area contributed by atoms with Gasteiger partial charge in [0.15, 0.2) is 12.2 Å². The summed E-state index contributed by atoms with van der Waals surface area (Å²) in [7, 11) is 0. The number of anilines is 1. The molecule has 26 heavy (non-hydrogen) atoms. The Bertz CT molecular complexity index is 954. The minimum absolute atomic E-state index is 0.0517. The first-order valence-corrected chi connectivity index (χ1v) is 7.81. The van der Waals surface area contributed by atoms with E-state index in [2.05, 4.69) is 10.3 Å². The highest BCUT2D eigenvalue weighted by molar-refractivity contribution is 6.33. The number of carbonyl (C=O) groups is 1. The molecule has 8 heteroatoms. The number of nitrogens with zero attached hydrogens (tertiary/aromatic N) is 1. The summed E-state index contributed by atoms with van der Waals surface area (Å²) in [6.07, 6.45) is -1.92. The van der Waals surface area contributed by atoms with Crippen LogP contribution < -0.4 is 5.32 Å². The number of oxazole rings is 1. The molecule has 0 radical (unpaired) electrons. The van der Waals surface area contributed by atoms with E-state index < -0.39 is 17.6 Å². The molecular formula is C18H12ClF3N2O2. The number of nitrogens with one attached hydrogen (secondary N) is 1. The maximum absolute atomic E-state index is 13.5. The fraction of sp³-hybridized carbons (Fsp3) is 0.111. The lowest BCUT2D eigenvalue weighted by atomic mass is 9.96. The Kier molecular flexibility index (Phi) is 4.73. The third kappa shape index (κ3) is 3.57. The molecule has 2 aromatic carbocycles. The lowest BCUT2D eigenvalue weighted by molar-refractivity contribution is -0.137. The maximum Gasteiger partial charge on any atom is 0.417 e. The average molecular weight is 381 g/mol. The van der Waals surface area contributed by atoms with Gasteiger partial charge < -0.3 is 9.73 Å². The van der Waals surface area contributed by atoms with E-state index in [4.69, 9.17) is 16.0 Å². The molecule has 0 bridgehead atoms. The number of halogens is 4. The molecule has 1 heterocycles. The Morgan fingerprint density at radius 1 is 1.23 bits per heavy atom. The average Bonchev–Trinajstić information content (AvgIpc) is 3.07. The van der Waals surface area contributed by atoms with Crippen molar-refractivity contribution in [2.45, 2.75) is 13.1 Å². The zero-order chi connectivity index (χ0) is 18.9. The van der Waals surface area contributed by atoms with Crippen LogP contribution in [0.25, 0.3) is 22.5 Å². The quantitative estimate of drug-likeness (QED) is 0.639. The Morgan fingerprint density at radius 2 is 2.00 bits per heavy atom. The van der Waals surface area contributed by atoms with Crippen molar-refractivity contribution in [3.05, 3.63) is 59.6 Å². The second-order valence-corrected chi connectivity index (χ2v) is 5.87. The third-order valence-electron chi connectivity index (χ3n) is 3.64. The van der Waals surface area contributed by atoms with Crippen LogP contribution in [0.4, 0.5) is 18.9 Å². The van der Waals surface area contributed by atoms with E-state index in [0.29, 0.717) is 11.3 Å². The largest absolute Gasteiger partial charge is 0.443 e. The summed E-state index contributed by atoms with van der Waals surface area (Å²) in [6.45, 7) is 1.23. The highest BCUT2D eigenvalue weighted by Crippen LogP contribution is 2.42. The minimum Gasteiger partial charge on any atom is -0.443 e. The first-order chi connectivity index (χ1) is 12.3. The van der Waals surface area contributed by atoms with Gasteiger partial charge in [0.1, 0.15) is 0 Å². The zero-order valence-corrected chi connectivity index (χ0v) is 14.2. The van der Waals surface area contributed by atoms with Crippen LogP contribution in [0.2, 0.25) is 5.02 Å². The van der Waals surface area contributed by atoms with Gasteiger partial charge in [-0.3, -0.25) is 4.79 Å². The number of benzene rings is 2. The summed E-state index contributed by atoms with van der Waals surface area (Å²) in [5, 5.41) is 2.63. The molecule has 0 aliphatic heterocycles. The summed E-state index contributed by atoms with van der Waals surface area (Å²) >= 11 is 6.24. The number of rotatable bonds is 3. The van der Waals surface area contributed by atoms with Crippen LogP contribution in [-0.2, 0) is 11.0 Å². The van der Waals surface area contributed by atoms with Crippen LogP contribution in [0.3, 0.4) is 0 Å². The Balaban J connectivity index is 2.19. The van der Waals surface area contributed by atoms with Crippen molar-refractivity contribution in [2.75, 3.05) is 5.32 Å². The molecule has 0 spiro atoms. The molecule has 0 fully saturated rings. The topological polar surface area (TPSA) is 55.1 Å². The van der Waals surface area contributed by atoms with E-state index >= 15 is 0 Å². The van der Waals surface area contributed by atoms with E-state index in [1.54, 1.807) is 6.07 Å². The molecule has 3 aromatic rings. The van der Waals surface area contributed by atoms with Gasteiger partial charge >= 0.3 is 6.18 Å². The molecule has 0 unspecified atom stereocenters. The lowest BCUT2D eigenvalue weighted by Crippen LogP contribution is -2.12. The number of alkyl halides is 3. The van der Waals surface area contributed by atoms with Crippen LogP contribution in [0.1, 0.15) is 12.5 Å². The molecule has 4 nitrogen and oxygen atoms in total. The number of carbonyl (C=O) groups excluding carboxylic acids is 1. The van der Waals surface area contributed by atoms with E-state index in [-0.39, 0.29) is 21.8 Å². The van der Waals surface area contributed by atoms with Gasteiger partial charge in [-0.25, -0.2) is 4.98 Å². The van der Waals surface area contributed by atoms with E-state index in [1.165, 1.54) is 43.8 Å². The number of amides is 1. The Morgan fingerprint density at radius 3 is 2.58 bits per heavy atom. The highest BCUT2D eigenvalue weighted by atomic mass is 35.5.